The Kier molecular flexibility index (Phi) is 6.54. The topological polar surface area (TPSA) is 3.24 Å². The fourth-order valence-corrected chi connectivity index (χ4v) is 1.92. The second-order valence-corrected chi connectivity index (χ2v) is 6.00. The predicted molar refractivity (Wildman–Crippen MR) is 66.3 cm³/mol. The molecule has 0 amide bonds. The molecule has 0 saturated carbocycles. The summed E-state index contributed by atoms with van der Waals surface area (Å²) in [7, 11) is 0. The van der Waals surface area contributed by atoms with E-state index in [1.165, 1.54) is 0 Å². The fraction of sp³-hybridized carbons (Fsp3) is 0.667. The Hall–Kier alpha value is -0.570. The molecule has 0 heterocycles. The molecule has 0 aromatic carbocycles. The standard InChI is InChI=1S/C12H19NS/c1-6-8-13(9-7-2)10-11-14-12(3,4)5/h1-2H,8-11H2,3-5H3. The Morgan fingerprint density at radius 1 is 1.14 bits per heavy atom. The third-order valence-corrected chi connectivity index (χ3v) is 2.83. The van der Waals surface area contributed by atoms with Crippen LogP contribution in [-0.4, -0.2) is 35.0 Å². The Morgan fingerprint density at radius 2 is 1.64 bits per heavy atom. The summed E-state index contributed by atoms with van der Waals surface area (Å²) in [5.74, 6) is 6.32. The zero-order chi connectivity index (χ0) is 11.0. The van der Waals surface area contributed by atoms with E-state index in [9.17, 15) is 0 Å². The molecule has 0 spiro atoms. The maximum Gasteiger partial charge on any atom is 0.0607 e. The van der Waals surface area contributed by atoms with Crippen LogP contribution in [-0.2, 0) is 0 Å². The van der Waals surface area contributed by atoms with Gasteiger partial charge in [0.2, 0.25) is 0 Å². The highest BCUT2D eigenvalue weighted by molar-refractivity contribution is 8.00. The molecule has 78 valence electrons. The first-order chi connectivity index (χ1) is 6.49. The summed E-state index contributed by atoms with van der Waals surface area (Å²) in [6, 6.07) is 0. The molecular weight excluding hydrogens is 190 g/mol. The van der Waals surface area contributed by atoms with Gasteiger partial charge in [-0.05, 0) is 0 Å². The van der Waals surface area contributed by atoms with E-state index < -0.39 is 0 Å². The molecule has 0 bridgehead atoms. The van der Waals surface area contributed by atoms with Crippen LogP contribution in [0.2, 0.25) is 0 Å². The van der Waals surface area contributed by atoms with Crippen LogP contribution in [0.4, 0.5) is 0 Å². The number of nitrogens with zero attached hydrogens (tertiary/aromatic N) is 1. The van der Waals surface area contributed by atoms with E-state index in [4.69, 9.17) is 12.8 Å². The number of hydrogen-bond donors (Lipinski definition) is 0. The van der Waals surface area contributed by atoms with Gasteiger partial charge < -0.3 is 0 Å². The molecule has 14 heavy (non-hydrogen) atoms. The van der Waals surface area contributed by atoms with Crippen LogP contribution >= 0.6 is 11.8 Å². The molecule has 0 rings (SSSR count). The van der Waals surface area contributed by atoms with Crippen molar-refractivity contribution in [1.29, 1.82) is 0 Å². The van der Waals surface area contributed by atoms with Crippen LogP contribution < -0.4 is 0 Å². The first-order valence-electron chi connectivity index (χ1n) is 4.73. The number of hydrogen-bond acceptors (Lipinski definition) is 2. The molecule has 0 atom stereocenters. The van der Waals surface area contributed by atoms with Crippen molar-refractivity contribution in [1.82, 2.24) is 4.90 Å². The van der Waals surface area contributed by atoms with Crippen molar-refractivity contribution >= 4 is 11.8 Å². The third-order valence-electron chi connectivity index (χ3n) is 1.57. The highest BCUT2D eigenvalue weighted by Crippen LogP contribution is 2.22. The van der Waals surface area contributed by atoms with Crippen molar-refractivity contribution in [2.45, 2.75) is 25.5 Å². The summed E-state index contributed by atoms with van der Waals surface area (Å²) in [6.07, 6.45) is 10.5. The Balaban J connectivity index is 3.73. The minimum absolute atomic E-state index is 0.317. The summed E-state index contributed by atoms with van der Waals surface area (Å²) in [6.45, 7) is 8.90. The van der Waals surface area contributed by atoms with Gasteiger partial charge in [-0.2, -0.15) is 11.8 Å². The Labute approximate surface area is 92.6 Å². The molecule has 0 aliphatic carbocycles. The first-order valence-corrected chi connectivity index (χ1v) is 5.71. The number of terminal acetylenes is 2. The van der Waals surface area contributed by atoms with E-state index in [2.05, 4.69) is 37.5 Å². The van der Waals surface area contributed by atoms with Crippen LogP contribution in [0.25, 0.3) is 0 Å². The summed E-state index contributed by atoms with van der Waals surface area (Å²) in [4.78, 5) is 2.11. The summed E-state index contributed by atoms with van der Waals surface area (Å²) < 4.78 is 0.317. The lowest BCUT2D eigenvalue weighted by Crippen LogP contribution is -2.28. The fourth-order valence-electron chi connectivity index (χ4n) is 0.953. The summed E-state index contributed by atoms with van der Waals surface area (Å²) in [5, 5.41) is 0. The first kappa shape index (κ1) is 13.4. The molecule has 0 aliphatic rings. The molecule has 1 nitrogen and oxygen atoms in total. The predicted octanol–water partition coefficient (Wildman–Crippen LogP) is 2.09. The SMILES string of the molecule is C#CCN(CC#C)CCSC(C)(C)C. The largest absolute Gasteiger partial charge is 0.280 e. The maximum atomic E-state index is 5.25. The van der Waals surface area contributed by atoms with Crippen molar-refractivity contribution in [2.75, 3.05) is 25.4 Å². The van der Waals surface area contributed by atoms with Crippen molar-refractivity contribution in [3.05, 3.63) is 0 Å². The van der Waals surface area contributed by atoms with Crippen LogP contribution in [0.15, 0.2) is 0 Å². The third kappa shape index (κ3) is 8.05. The van der Waals surface area contributed by atoms with E-state index in [0.717, 1.165) is 12.3 Å². The lowest BCUT2D eigenvalue weighted by molar-refractivity contribution is 0.368. The van der Waals surface area contributed by atoms with Gasteiger partial charge in [0.05, 0.1) is 13.1 Å². The van der Waals surface area contributed by atoms with Gasteiger partial charge >= 0.3 is 0 Å². The highest BCUT2D eigenvalue weighted by Gasteiger charge is 2.10. The van der Waals surface area contributed by atoms with Gasteiger partial charge in [-0.25, -0.2) is 0 Å². The van der Waals surface area contributed by atoms with Crippen molar-refractivity contribution in [3.63, 3.8) is 0 Å². The molecule has 0 unspecified atom stereocenters. The van der Waals surface area contributed by atoms with Crippen molar-refractivity contribution < 1.29 is 0 Å². The zero-order valence-electron chi connectivity index (χ0n) is 9.34. The monoisotopic (exact) mass is 209 g/mol. The van der Waals surface area contributed by atoms with E-state index in [1.807, 2.05) is 11.8 Å². The smallest absolute Gasteiger partial charge is 0.0607 e. The molecule has 0 radical (unpaired) electrons. The van der Waals surface area contributed by atoms with Crippen LogP contribution in [0, 0.1) is 24.7 Å². The van der Waals surface area contributed by atoms with Crippen LogP contribution in [0.5, 0.6) is 0 Å². The molecule has 0 saturated heterocycles. The quantitative estimate of drug-likeness (QED) is 0.638. The maximum absolute atomic E-state index is 5.25. The van der Waals surface area contributed by atoms with Gasteiger partial charge in [0.1, 0.15) is 0 Å². The van der Waals surface area contributed by atoms with Crippen LogP contribution in [0.3, 0.4) is 0 Å². The molecule has 0 aliphatic heterocycles. The number of thioether (sulfide) groups is 1. The average molecular weight is 209 g/mol. The minimum Gasteiger partial charge on any atom is -0.280 e. The van der Waals surface area contributed by atoms with E-state index in [1.54, 1.807) is 0 Å². The van der Waals surface area contributed by atoms with Gasteiger partial charge in [0.25, 0.3) is 0 Å². The van der Waals surface area contributed by atoms with Gasteiger partial charge in [0.15, 0.2) is 0 Å². The molecule has 2 heteroatoms. The molecule has 0 N–H and O–H groups in total. The molecular formula is C12H19NS. The second-order valence-electron chi connectivity index (χ2n) is 4.08. The van der Waals surface area contributed by atoms with Gasteiger partial charge in [-0.1, -0.05) is 32.6 Å². The summed E-state index contributed by atoms with van der Waals surface area (Å²) in [5.41, 5.74) is 0. The summed E-state index contributed by atoms with van der Waals surface area (Å²) >= 11 is 1.93. The van der Waals surface area contributed by atoms with Crippen LogP contribution in [0.1, 0.15) is 20.8 Å². The molecule has 0 aromatic heterocycles. The van der Waals surface area contributed by atoms with Crippen molar-refractivity contribution in [2.24, 2.45) is 0 Å². The van der Waals surface area contributed by atoms with Gasteiger partial charge in [-0.3, -0.25) is 4.90 Å². The van der Waals surface area contributed by atoms with E-state index >= 15 is 0 Å². The number of rotatable bonds is 5. The van der Waals surface area contributed by atoms with Gasteiger partial charge in [-0.15, -0.1) is 12.8 Å². The lowest BCUT2D eigenvalue weighted by atomic mass is 10.3. The minimum atomic E-state index is 0.317. The lowest BCUT2D eigenvalue weighted by Gasteiger charge is -2.21. The Bertz CT molecular complexity index is 210. The Morgan fingerprint density at radius 3 is 2.00 bits per heavy atom. The van der Waals surface area contributed by atoms with Crippen molar-refractivity contribution in [3.8, 4) is 24.7 Å². The second kappa shape index (κ2) is 6.82. The zero-order valence-corrected chi connectivity index (χ0v) is 10.2. The van der Waals surface area contributed by atoms with E-state index in [0.29, 0.717) is 17.8 Å². The average Bonchev–Trinajstić information content (AvgIpc) is 2.02. The normalized spacial score (nSPS) is 11.0. The highest BCUT2D eigenvalue weighted by atomic mass is 32.2. The van der Waals surface area contributed by atoms with E-state index in [-0.39, 0.29) is 0 Å². The van der Waals surface area contributed by atoms with Gasteiger partial charge in [0, 0.05) is 17.0 Å². The molecule has 0 aromatic rings. The molecule has 0 fully saturated rings.